The van der Waals surface area contributed by atoms with Crippen molar-refractivity contribution < 1.29 is 8.42 Å². The summed E-state index contributed by atoms with van der Waals surface area (Å²) >= 11 is 0. The number of anilines is 1. The van der Waals surface area contributed by atoms with E-state index in [1.54, 1.807) is 36.5 Å². The number of hydrogen-bond donors (Lipinski definition) is 1. The molecule has 1 aromatic heterocycles. The molecule has 0 aliphatic carbocycles. The minimum Gasteiger partial charge on any atom is -0.280 e. The Hall–Kier alpha value is -2.98. The molecule has 3 rings (SSSR count). The summed E-state index contributed by atoms with van der Waals surface area (Å²) in [4.78, 5) is 8.19. The highest BCUT2D eigenvalue weighted by Gasteiger charge is 2.18. The van der Waals surface area contributed by atoms with Crippen LogP contribution in [0, 0.1) is 11.3 Å². The average Bonchev–Trinajstić information content (AvgIpc) is 2.54. The summed E-state index contributed by atoms with van der Waals surface area (Å²) in [5.41, 5.74) is 1.70. The summed E-state index contributed by atoms with van der Waals surface area (Å²) in [5.74, 6) is 0. The summed E-state index contributed by atoms with van der Waals surface area (Å²) in [7, 11) is -3.85. The summed E-state index contributed by atoms with van der Waals surface area (Å²) in [5, 5.41) is 9.03. The van der Waals surface area contributed by atoms with E-state index < -0.39 is 10.0 Å². The van der Waals surface area contributed by atoms with Crippen LogP contribution in [0.5, 0.6) is 0 Å². The van der Waals surface area contributed by atoms with E-state index in [1.807, 2.05) is 6.07 Å². The molecular formula is C15H10N4O2S. The van der Waals surface area contributed by atoms with Gasteiger partial charge in [-0.15, -0.1) is 0 Å². The topological polar surface area (TPSA) is 95.7 Å². The second kappa shape index (κ2) is 5.42. The minimum absolute atomic E-state index is 0.0586. The van der Waals surface area contributed by atoms with Crippen LogP contribution >= 0.6 is 0 Å². The van der Waals surface area contributed by atoms with Gasteiger partial charge in [-0.3, -0.25) is 14.7 Å². The van der Waals surface area contributed by atoms with Gasteiger partial charge >= 0.3 is 0 Å². The van der Waals surface area contributed by atoms with Crippen molar-refractivity contribution in [1.82, 2.24) is 9.97 Å². The molecule has 0 bridgehead atoms. The predicted octanol–water partition coefficient (Wildman–Crippen LogP) is 2.30. The zero-order chi connectivity index (χ0) is 15.6. The molecule has 1 N–H and O–H groups in total. The first-order chi connectivity index (χ1) is 10.6. The zero-order valence-electron chi connectivity index (χ0n) is 11.3. The summed E-state index contributed by atoms with van der Waals surface area (Å²) in [6.07, 6.45) is 3.10. The average molecular weight is 310 g/mol. The first-order valence-electron chi connectivity index (χ1n) is 6.33. The van der Waals surface area contributed by atoms with Crippen molar-refractivity contribution in [2.75, 3.05) is 4.72 Å². The van der Waals surface area contributed by atoms with E-state index in [2.05, 4.69) is 14.7 Å². The Morgan fingerprint density at radius 3 is 2.50 bits per heavy atom. The van der Waals surface area contributed by atoms with Gasteiger partial charge in [-0.25, -0.2) is 8.42 Å². The van der Waals surface area contributed by atoms with E-state index in [4.69, 9.17) is 5.26 Å². The lowest BCUT2D eigenvalue weighted by Gasteiger charge is -2.09. The first-order valence-corrected chi connectivity index (χ1v) is 7.81. The van der Waals surface area contributed by atoms with Crippen LogP contribution in [0.15, 0.2) is 59.8 Å². The Bertz CT molecular complexity index is 994. The van der Waals surface area contributed by atoms with Gasteiger partial charge < -0.3 is 0 Å². The van der Waals surface area contributed by atoms with Gasteiger partial charge in [-0.05, 0) is 30.3 Å². The zero-order valence-corrected chi connectivity index (χ0v) is 12.1. The van der Waals surface area contributed by atoms with Crippen molar-refractivity contribution in [1.29, 1.82) is 5.26 Å². The molecule has 1 heterocycles. The maximum atomic E-state index is 12.4. The molecule has 2 aromatic carbocycles. The molecule has 0 amide bonds. The van der Waals surface area contributed by atoms with E-state index in [1.165, 1.54) is 18.3 Å². The molecule has 7 heteroatoms. The summed E-state index contributed by atoms with van der Waals surface area (Å²) < 4.78 is 27.3. The molecule has 0 saturated heterocycles. The number of rotatable bonds is 3. The number of sulfonamides is 1. The smallest absolute Gasteiger partial charge is 0.263 e. The Balaban J connectivity index is 2.01. The molecule has 0 unspecified atom stereocenters. The summed E-state index contributed by atoms with van der Waals surface area (Å²) in [6, 6.07) is 12.8. The van der Waals surface area contributed by atoms with Crippen LogP contribution in [0.25, 0.3) is 11.0 Å². The van der Waals surface area contributed by atoms with Gasteiger partial charge in [0.1, 0.15) is 11.0 Å². The highest BCUT2D eigenvalue weighted by molar-refractivity contribution is 7.92. The molecule has 0 radical (unpaired) electrons. The standard InChI is InChI=1S/C15H10N4O2S/c16-10-11-3-1-2-4-15(11)22(20,21)19-12-5-6-13-14(9-12)18-8-7-17-13/h1-9,19H. The van der Waals surface area contributed by atoms with Gasteiger partial charge in [-0.1, -0.05) is 12.1 Å². The van der Waals surface area contributed by atoms with Crippen molar-refractivity contribution >= 4 is 26.7 Å². The van der Waals surface area contributed by atoms with Gasteiger partial charge in [0.05, 0.1) is 22.3 Å². The molecule has 6 nitrogen and oxygen atoms in total. The lowest BCUT2D eigenvalue weighted by Crippen LogP contribution is -2.14. The maximum Gasteiger partial charge on any atom is 0.263 e. The van der Waals surface area contributed by atoms with Crippen molar-refractivity contribution in [3.63, 3.8) is 0 Å². The molecule has 108 valence electrons. The van der Waals surface area contributed by atoms with E-state index >= 15 is 0 Å². The largest absolute Gasteiger partial charge is 0.280 e. The molecule has 0 fully saturated rings. The van der Waals surface area contributed by atoms with Crippen molar-refractivity contribution in [3.05, 3.63) is 60.4 Å². The fraction of sp³-hybridized carbons (Fsp3) is 0. The predicted molar refractivity (Wildman–Crippen MR) is 81.5 cm³/mol. The minimum atomic E-state index is -3.85. The van der Waals surface area contributed by atoms with Crippen molar-refractivity contribution in [2.45, 2.75) is 4.90 Å². The number of hydrogen-bond acceptors (Lipinski definition) is 5. The summed E-state index contributed by atoms with van der Waals surface area (Å²) in [6.45, 7) is 0. The SMILES string of the molecule is N#Cc1ccccc1S(=O)(=O)Nc1ccc2nccnc2c1. The highest BCUT2D eigenvalue weighted by atomic mass is 32.2. The Morgan fingerprint density at radius 1 is 1.00 bits per heavy atom. The third-order valence-corrected chi connectivity index (χ3v) is 4.46. The number of fused-ring (bicyclic) bond motifs is 1. The molecule has 0 atom stereocenters. The molecule has 0 spiro atoms. The number of nitriles is 1. The van der Waals surface area contributed by atoms with Gasteiger partial charge in [0.25, 0.3) is 10.0 Å². The number of nitrogens with one attached hydrogen (secondary N) is 1. The second-order valence-corrected chi connectivity index (χ2v) is 6.12. The van der Waals surface area contributed by atoms with E-state index in [-0.39, 0.29) is 10.5 Å². The number of nitrogens with zero attached hydrogens (tertiary/aromatic N) is 3. The fourth-order valence-corrected chi connectivity index (χ4v) is 3.24. The van der Waals surface area contributed by atoms with Crippen LogP contribution in [0.3, 0.4) is 0 Å². The fourth-order valence-electron chi connectivity index (χ4n) is 2.03. The molecule has 0 saturated carbocycles. The maximum absolute atomic E-state index is 12.4. The van der Waals surface area contributed by atoms with E-state index in [9.17, 15) is 8.42 Å². The number of benzene rings is 2. The van der Waals surface area contributed by atoms with Gasteiger partial charge in [0.15, 0.2) is 0 Å². The third-order valence-electron chi connectivity index (χ3n) is 3.02. The molecular weight excluding hydrogens is 300 g/mol. The van der Waals surface area contributed by atoms with Crippen LogP contribution in [0.1, 0.15) is 5.56 Å². The van der Waals surface area contributed by atoms with Gasteiger partial charge in [0.2, 0.25) is 0 Å². The first kappa shape index (κ1) is 14.0. The van der Waals surface area contributed by atoms with Crippen LogP contribution in [0.4, 0.5) is 5.69 Å². The third kappa shape index (κ3) is 2.60. The van der Waals surface area contributed by atoms with E-state index in [0.717, 1.165) is 0 Å². The van der Waals surface area contributed by atoms with E-state index in [0.29, 0.717) is 16.7 Å². The van der Waals surface area contributed by atoms with Crippen LogP contribution < -0.4 is 4.72 Å². The molecule has 0 aliphatic heterocycles. The normalized spacial score (nSPS) is 11.0. The van der Waals surface area contributed by atoms with Crippen molar-refractivity contribution in [3.8, 4) is 6.07 Å². The molecule has 3 aromatic rings. The lowest BCUT2D eigenvalue weighted by atomic mass is 10.2. The Kier molecular flexibility index (Phi) is 3.45. The Labute approximate surface area is 127 Å². The second-order valence-electron chi connectivity index (χ2n) is 4.47. The van der Waals surface area contributed by atoms with Crippen molar-refractivity contribution in [2.24, 2.45) is 0 Å². The van der Waals surface area contributed by atoms with Gasteiger partial charge in [-0.2, -0.15) is 5.26 Å². The monoisotopic (exact) mass is 310 g/mol. The van der Waals surface area contributed by atoms with Gasteiger partial charge in [0, 0.05) is 12.4 Å². The quantitative estimate of drug-likeness (QED) is 0.800. The lowest BCUT2D eigenvalue weighted by molar-refractivity contribution is 0.601. The highest BCUT2D eigenvalue weighted by Crippen LogP contribution is 2.21. The van der Waals surface area contributed by atoms with Crippen LogP contribution in [-0.4, -0.2) is 18.4 Å². The molecule has 22 heavy (non-hydrogen) atoms. The van der Waals surface area contributed by atoms with Crippen LogP contribution in [0.2, 0.25) is 0 Å². The van der Waals surface area contributed by atoms with Crippen LogP contribution in [-0.2, 0) is 10.0 Å². The molecule has 0 aliphatic rings. The Morgan fingerprint density at radius 2 is 1.73 bits per heavy atom. The number of aromatic nitrogens is 2.